The number of fused-ring (bicyclic) bond motifs is 1. The number of nitrogens with zero attached hydrogens (tertiary/aromatic N) is 2. The van der Waals surface area contributed by atoms with E-state index >= 15 is 0 Å². The van der Waals surface area contributed by atoms with Crippen LogP contribution in [0.1, 0.15) is 24.8 Å². The van der Waals surface area contributed by atoms with Crippen molar-refractivity contribution >= 4 is 28.3 Å². The molecule has 1 fully saturated rings. The number of aromatic nitrogens is 2. The van der Waals surface area contributed by atoms with Gasteiger partial charge in [-0.05, 0) is 56.1 Å². The number of benzene rings is 2. The van der Waals surface area contributed by atoms with Gasteiger partial charge in [0.25, 0.3) is 0 Å². The van der Waals surface area contributed by atoms with Gasteiger partial charge in [0.15, 0.2) is 0 Å². The average Bonchev–Trinajstić information content (AvgIpc) is 3.08. The molecule has 0 spiro atoms. The third-order valence-corrected chi connectivity index (χ3v) is 5.34. The van der Waals surface area contributed by atoms with Crippen LogP contribution >= 0.6 is 0 Å². The Morgan fingerprint density at radius 3 is 2.66 bits per heavy atom. The van der Waals surface area contributed by atoms with E-state index in [1.165, 1.54) is 30.5 Å². The summed E-state index contributed by atoms with van der Waals surface area (Å²) in [6.45, 7) is 3.20. The van der Waals surface area contributed by atoms with E-state index in [9.17, 15) is 9.59 Å². The molecule has 4 rings (SSSR count). The second kappa shape index (κ2) is 8.53. The van der Waals surface area contributed by atoms with Gasteiger partial charge in [-0.15, -0.1) is 0 Å². The number of likely N-dealkylation sites (N-methyl/N-ethyl adjacent to an activating group) is 1. The molecule has 0 saturated carbocycles. The van der Waals surface area contributed by atoms with Gasteiger partial charge in [-0.1, -0.05) is 18.2 Å². The Bertz CT molecular complexity index is 1050. The molecule has 1 aliphatic heterocycles. The van der Waals surface area contributed by atoms with Gasteiger partial charge >= 0.3 is 5.69 Å². The number of aromatic amines is 2. The monoisotopic (exact) mass is 393 g/mol. The van der Waals surface area contributed by atoms with E-state index in [1.807, 2.05) is 11.9 Å². The van der Waals surface area contributed by atoms with Crippen LogP contribution < -0.4 is 15.9 Å². The highest BCUT2D eigenvalue weighted by Gasteiger charge is 2.16. The van der Waals surface area contributed by atoms with Crippen LogP contribution in [0, 0.1) is 0 Å². The molecule has 0 atom stereocenters. The summed E-state index contributed by atoms with van der Waals surface area (Å²) in [4.78, 5) is 33.8. The number of anilines is 2. The van der Waals surface area contributed by atoms with Crippen LogP contribution in [0.25, 0.3) is 11.0 Å². The highest BCUT2D eigenvalue weighted by atomic mass is 16.2. The lowest BCUT2D eigenvalue weighted by Crippen LogP contribution is -2.33. The molecule has 3 aromatic rings. The lowest BCUT2D eigenvalue weighted by atomic mass is 10.1. The molecule has 1 saturated heterocycles. The topological polar surface area (TPSA) is 84.2 Å². The van der Waals surface area contributed by atoms with Gasteiger partial charge in [0.1, 0.15) is 0 Å². The van der Waals surface area contributed by atoms with Crippen LogP contribution in [-0.4, -0.2) is 47.5 Å². The Hall–Kier alpha value is -3.06. The van der Waals surface area contributed by atoms with Crippen molar-refractivity contribution in [1.29, 1.82) is 0 Å². The molecule has 7 heteroatoms. The number of rotatable bonds is 6. The van der Waals surface area contributed by atoms with Gasteiger partial charge < -0.3 is 20.2 Å². The molecule has 2 aromatic carbocycles. The molecular formula is C22H27N5O2. The van der Waals surface area contributed by atoms with Crippen molar-refractivity contribution in [2.24, 2.45) is 0 Å². The standard InChI is InChI=1S/C22H27N5O2/c1-26(14-16-7-3-4-8-20(16)27-11-5-2-6-12-27)15-21(28)23-17-9-10-18-19(13-17)25-22(29)24-18/h3-4,7-10,13H,2,5-6,11-12,14-15H2,1H3,(H,23,28)(H2,24,25,29). The lowest BCUT2D eigenvalue weighted by molar-refractivity contribution is -0.117. The summed E-state index contributed by atoms with van der Waals surface area (Å²) in [5.74, 6) is -0.0832. The number of H-pyrrole nitrogens is 2. The second-order valence-electron chi connectivity index (χ2n) is 7.74. The molecule has 0 radical (unpaired) electrons. The van der Waals surface area contributed by atoms with Gasteiger partial charge in [-0.25, -0.2) is 4.79 Å². The van der Waals surface area contributed by atoms with E-state index < -0.39 is 0 Å². The molecule has 0 unspecified atom stereocenters. The van der Waals surface area contributed by atoms with E-state index in [-0.39, 0.29) is 18.1 Å². The zero-order valence-corrected chi connectivity index (χ0v) is 16.7. The van der Waals surface area contributed by atoms with Crippen molar-refractivity contribution in [3.8, 4) is 0 Å². The fraction of sp³-hybridized carbons (Fsp3) is 0.364. The average molecular weight is 393 g/mol. The molecule has 0 aliphatic carbocycles. The third-order valence-electron chi connectivity index (χ3n) is 5.34. The van der Waals surface area contributed by atoms with Crippen molar-refractivity contribution in [3.05, 3.63) is 58.5 Å². The van der Waals surface area contributed by atoms with E-state index in [0.717, 1.165) is 18.6 Å². The van der Waals surface area contributed by atoms with Crippen molar-refractivity contribution in [1.82, 2.24) is 14.9 Å². The first-order valence-electron chi connectivity index (χ1n) is 10.1. The predicted octanol–water partition coefficient (Wildman–Crippen LogP) is 2.92. The van der Waals surface area contributed by atoms with Crippen LogP contribution in [0.5, 0.6) is 0 Å². The summed E-state index contributed by atoms with van der Waals surface area (Å²) in [6, 6.07) is 13.8. The Morgan fingerprint density at radius 1 is 1.07 bits per heavy atom. The summed E-state index contributed by atoms with van der Waals surface area (Å²) in [7, 11) is 1.96. The number of para-hydroxylation sites is 1. The molecule has 7 nitrogen and oxygen atoms in total. The maximum Gasteiger partial charge on any atom is 0.323 e. The second-order valence-corrected chi connectivity index (χ2v) is 7.74. The summed E-state index contributed by atoms with van der Waals surface area (Å²) < 4.78 is 0. The number of hydrogen-bond donors (Lipinski definition) is 3. The number of hydrogen-bond acceptors (Lipinski definition) is 4. The SMILES string of the molecule is CN(CC(=O)Nc1ccc2[nH]c(=O)[nH]c2c1)Cc1ccccc1N1CCCCC1. The zero-order valence-electron chi connectivity index (χ0n) is 16.7. The van der Waals surface area contributed by atoms with Gasteiger partial charge in [0, 0.05) is 31.0 Å². The van der Waals surface area contributed by atoms with Gasteiger partial charge in [-0.3, -0.25) is 9.69 Å². The highest BCUT2D eigenvalue weighted by molar-refractivity contribution is 5.94. The summed E-state index contributed by atoms with van der Waals surface area (Å²) in [5.41, 5.74) is 4.34. The molecule has 2 heterocycles. The fourth-order valence-corrected chi connectivity index (χ4v) is 3.99. The van der Waals surface area contributed by atoms with Crippen LogP contribution in [0.3, 0.4) is 0 Å². The number of imidazole rings is 1. The van der Waals surface area contributed by atoms with Crippen molar-refractivity contribution in [3.63, 3.8) is 0 Å². The maximum atomic E-state index is 12.5. The molecule has 29 heavy (non-hydrogen) atoms. The van der Waals surface area contributed by atoms with Crippen LogP contribution in [0.2, 0.25) is 0 Å². The number of carbonyl (C=O) groups is 1. The maximum absolute atomic E-state index is 12.5. The Kier molecular flexibility index (Phi) is 5.67. The molecule has 3 N–H and O–H groups in total. The Morgan fingerprint density at radius 2 is 1.83 bits per heavy atom. The van der Waals surface area contributed by atoms with E-state index in [0.29, 0.717) is 17.7 Å². The number of carbonyl (C=O) groups excluding carboxylic acids is 1. The van der Waals surface area contributed by atoms with E-state index in [1.54, 1.807) is 18.2 Å². The van der Waals surface area contributed by atoms with Crippen molar-refractivity contribution in [2.45, 2.75) is 25.8 Å². The van der Waals surface area contributed by atoms with Crippen LogP contribution in [0.4, 0.5) is 11.4 Å². The normalized spacial score (nSPS) is 14.5. The number of piperidine rings is 1. The molecule has 1 amide bonds. The first-order valence-corrected chi connectivity index (χ1v) is 10.1. The van der Waals surface area contributed by atoms with Gasteiger partial charge in [0.2, 0.25) is 5.91 Å². The lowest BCUT2D eigenvalue weighted by Gasteiger charge is -2.31. The summed E-state index contributed by atoms with van der Waals surface area (Å²) in [6.07, 6.45) is 3.79. The van der Waals surface area contributed by atoms with Crippen molar-refractivity contribution < 1.29 is 4.79 Å². The summed E-state index contributed by atoms with van der Waals surface area (Å²) >= 11 is 0. The third kappa shape index (κ3) is 4.68. The predicted molar refractivity (Wildman–Crippen MR) is 116 cm³/mol. The minimum atomic E-state index is -0.254. The fourth-order valence-electron chi connectivity index (χ4n) is 3.99. The van der Waals surface area contributed by atoms with E-state index in [4.69, 9.17) is 0 Å². The van der Waals surface area contributed by atoms with Gasteiger partial charge in [0.05, 0.1) is 17.6 Å². The van der Waals surface area contributed by atoms with Crippen LogP contribution in [0.15, 0.2) is 47.3 Å². The summed E-state index contributed by atoms with van der Waals surface area (Å²) in [5, 5.41) is 2.91. The van der Waals surface area contributed by atoms with E-state index in [2.05, 4.69) is 44.5 Å². The number of amides is 1. The zero-order chi connectivity index (χ0) is 20.2. The molecule has 0 bridgehead atoms. The Balaban J connectivity index is 1.38. The highest BCUT2D eigenvalue weighted by Crippen LogP contribution is 2.25. The molecule has 152 valence electrons. The van der Waals surface area contributed by atoms with Crippen LogP contribution in [-0.2, 0) is 11.3 Å². The minimum Gasteiger partial charge on any atom is -0.371 e. The smallest absolute Gasteiger partial charge is 0.323 e. The largest absolute Gasteiger partial charge is 0.371 e. The number of nitrogens with one attached hydrogen (secondary N) is 3. The molecular weight excluding hydrogens is 366 g/mol. The van der Waals surface area contributed by atoms with Crippen molar-refractivity contribution in [2.75, 3.05) is 36.9 Å². The molecule has 1 aromatic heterocycles. The first-order chi connectivity index (χ1) is 14.1. The first kappa shape index (κ1) is 19.3. The Labute approximate surface area is 169 Å². The van der Waals surface area contributed by atoms with Gasteiger partial charge in [-0.2, -0.15) is 0 Å². The minimum absolute atomic E-state index is 0.0832. The quantitative estimate of drug-likeness (QED) is 0.601. The molecule has 1 aliphatic rings.